The van der Waals surface area contributed by atoms with E-state index in [1.54, 1.807) is 6.08 Å². The Morgan fingerprint density at radius 3 is 1.46 bits per heavy atom. The van der Waals surface area contributed by atoms with Crippen LogP contribution >= 0.6 is 0 Å². The molecular formula is C60H109NO10. The van der Waals surface area contributed by atoms with E-state index >= 15 is 0 Å². The molecule has 1 amide bonds. The number of allylic oxidation sites excluding steroid dienone is 7. The number of carbonyl (C=O) groups is 2. The molecule has 11 nitrogen and oxygen atoms in total. The third-order valence-electron chi connectivity index (χ3n) is 13.7. The van der Waals surface area contributed by atoms with E-state index in [2.05, 4.69) is 55.6 Å². The summed E-state index contributed by atoms with van der Waals surface area (Å²) in [6, 6.07) is -0.817. The van der Waals surface area contributed by atoms with Crippen molar-refractivity contribution in [1.29, 1.82) is 0 Å². The summed E-state index contributed by atoms with van der Waals surface area (Å²) in [6.07, 6.45) is 52.1. The summed E-state index contributed by atoms with van der Waals surface area (Å²) >= 11 is 0. The van der Waals surface area contributed by atoms with E-state index in [1.165, 1.54) is 135 Å². The van der Waals surface area contributed by atoms with Gasteiger partial charge in [0.05, 0.1) is 32.0 Å². The number of nitrogens with one attached hydrogen (secondary N) is 1. The lowest BCUT2D eigenvalue weighted by atomic mass is 9.99. The van der Waals surface area contributed by atoms with Gasteiger partial charge in [-0.1, -0.05) is 204 Å². The zero-order valence-electron chi connectivity index (χ0n) is 45.4. The Hall–Kier alpha value is -2.38. The monoisotopic (exact) mass is 1000 g/mol. The van der Waals surface area contributed by atoms with E-state index < -0.39 is 49.5 Å². The second kappa shape index (κ2) is 49.8. The maximum absolute atomic E-state index is 13.0. The molecule has 11 heteroatoms. The van der Waals surface area contributed by atoms with E-state index in [4.69, 9.17) is 14.2 Å². The van der Waals surface area contributed by atoms with E-state index in [0.717, 1.165) is 96.3 Å². The third kappa shape index (κ3) is 39.7. The second-order valence-corrected chi connectivity index (χ2v) is 20.3. The van der Waals surface area contributed by atoms with Gasteiger partial charge < -0.3 is 45.1 Å². The van der Waals surface area contributed by atoms with E-state index in [-0.39, 0.29) is 18.5 Å². The normalized spacial score (nSPS) is 19.5. The summed E-state index contributed by atoms with van der Waals surface area (Å²) in [4.78, 5) is 25.0. The molecule has 1 fully saturated rings. The lowest BCUT2D eigenvalue weighted by molar-refractivity contribution is -0.302. The van der Waals surface area contributed by atoms with Gasteiger partial charge in [0.15, 0.2) is 6.29 Å². The van der Waals surface area contributed by atoms with Crippen molar-refractivity contribution >= 4 is 11.9 Å². The summed E-state index contributed by atoms with van der Waals surface area (Å²) in [7, 11) is 0. The topological polar surface area (TPSA) is 175 Å². The van der Waals surface area contributed by atoms with Gasteiger partial charge in [0.1, 0.15) is 24.4 Å². The molecule has 0 aliphatic carbocycles. The van der Waals surface area contributed by atoms with Crippen molar-refractivity contribution in [3.63, 3.8) is 0 Å². The zero-order chi connectivity index (χ0) is 51.7. The first kappa shape index (κ1) is 66.6. The molecule has 1 aliphatic heterocycles. The SMILES string of the molecule is CCCCC/C=C\C/C=C\CCCCCCCC(=O)OCCCCCCCCCC/C=C\CCCCCCCCCC(=O)NC(COC1OC(CO)C(O)C(O)C1O)C(O)/C=C/CCCCCCCCC. The fourth-order valence-electron chi connectivity index (χ4n) is 8.93. The van der Waals surface area contributed by atoms with Crippen LogP contribution in [-0.2, 0) is 23.8 Å². The molecule has 0 radical (unpaired) electrons. The number of aliphatic hydroxyl groups excluding tert-OH is 5. The fourth-order valence-corrected chi connectivity index (χ4v) is 8.93. The van der Waals surface area contributed by atoms with Crippen molar-refractivity contribution in [1.82, 2.24) is 5.32 Å². The van der Waals surface area contributed by atoms with Gasteiger partial charge in [-0.05, 0) is 89.9 Å². The minimum atomic E-state index is -1.57. The average Bonchev–Trinajstić information content (AvgIpc) is 3.37. The first-order valence-electron chi connectivity index (χ1n) is 29.4. The molecule has 0 bridgehead atoms. The van der Waals surface area contributed by atoms with Crippen LogP contribution in [0, 0.1) is 0 Å². The highest BCUT2D eigenvalue weighted by Crippen LogP contribution is 2.23. The maximum Gasteiger partial charge on any atom is 0.305 e. The quantitative estimate of drug-likeness (QED) is 0.0195. The number of aliphatic hydroxyl groups is 5. The third-order valence-corrected chi connectivity index (χ3v) is 13.7. The molecule has 1 aliphatic rings. The number of hydrogen-bond acceptors (Lipinski definition) is 10. The van der Waals surface area contributed by atoms with Crippen LogP contribution in [0.25, 0.3) is 0 Å². The summed E-state index contributed by atoms with van der Waals surface area (Å²) in [5.74, 6) is -0.220. The van der Waals surface area contributed by atoms with Crippen LogP contribution in [0.5, 0.6) is 0 Å². The number of unbranched alkanes of at least 4 members (excludes halogenated alkanes) is 30. The van der Waals surface area contributed by atoms with Crippen LogP contribution in [0.1, 0.15) is 258 Å². The van der Waals surface area contributed by atoms with Crippen LogP contribution in [0.2, 0.25) is 0 Å². The van der Waals surface area contributed by atoms with Crippen molar-refractivity contribution in [3.8, 4) is 0 Å². The summed E-state index contributed by atoms with van der Waals surface area (Å²) in [5.41, 5.74) is 0. The van der Waals surface area contributed by atoms with Gasteiger partial charge in [0.25, 0.3) is 0 Å². The standard InChI is InChI=1S/C60H109NO10/c1-3-5-7-9-11-13-14-15-21-25-28-32-36-40-44-48-56(65)69-49-45-41-37-33-29-26-23-20-18-16-17-19-22-24-27-31-35-39-43-47-55(64)61-52(53(63)46-42-38-34-30-12-10-8-6-4-2)51-70-60-59(68)58(67)57(66)54(50-62)71-60/h11,13,15-17,21,42,46,52-54,57-60,62-63,66-68H,3-10,12,14,18-20,22-41,43-45,47-51H2,1-2H3,(H,61,64)/b13-11-,17-16-,21-15-,46-42+. The van der Waals surface area contributed by atoms with Crippen LogP contribution < -0.4 is 5.32 Å². The summed E-state index contributed by atoms with van der Waals surface area (Å²) < 4.78 is 16.7. The number of ether oxygens (including phenoxy) is 3. The number of carbonyl (C=O) groups excluding carboxylic acids is 2. The molecule has 1 rings (SSSR count). The van der Waals surface area contributed by atoms with E-state index in [1.807, 2.05) is 6.08 Å². The number of hydrogen-bond donors (Lipinski definition) is 6. The lowest BCUT2D eigenvalue weighted by Crippen LogP contribution is -2.60. The molecule has 414 valence electrons. The van der Waals surface area contributed by atoms with Crippen molar-refractivity contribution in [2.24, 2.45) is 0 Å². The van der Waals surface area contributed by atoms with Gasteiger partial charge in [0.2, 0.25) is 5.91 Å². The van der Waals surface area contributed by atoms with Gasteiger partial charge in [-0.15, -0.1) is 0 Å². The molecule has 0 aromatic carbocycles. The highest BCUT2D eigenvalue weighted by atomic mass is 16.7. The molecule has 1 heterocycles. The van der Waals surface area contributed by atoms with Gasteiger partial charge in [-0.25, -0.2) is 0 Å². The van der Waals surface area contributed by atoms with Crippen LogP contribution in [-0.4, -0.2) is 100 Å². The molecule has 0 spiro atoms. The van der Waals surface area contributed by atoms with E-state index in [0.29, 0.717) is 19.4 Å². The Morgan fingerprint density at radius 1 is 0.521 bits per heavy atom. The molecule has 6 N–H and O–H groups in total. The van der Waals surface area contributed by atoms with Gasteiger partial charge in [0, 0.05) is 12.8 Å². The predicted octanol–water partition coefficient (Wildman–Crippen LogP) is 13.3. The van der Waals surface area contributed by atoms with Crippen molar-refractivity contribution in [2.75, 3.05) is 19.8 Å². The molecule has 7 unspecified atom stereocenters. The predicted molar refractivity (Wildman–Crippen MR) is 292 cm³/mol. The van der Waals surface area contributed by atoms with Crippen LogP contribution in [0.4, 0.5) is 0 Å². The minimum Gasteiger partial charge on any atom is -0.466 e. The molecule has 0 saturated carbocycles. The number of esters is 1. The zero-order valence-corrected chi connectivity index (χ0v) is 45.4. The first-order valence-corrected chi connectivity index (χ1v) is 29.4. The first-order chi connectivity index (χ1) is 34.7. The van der Waals surface area contributed by atoms with Gasteiger partial charge in [-0.3, -0.25) is 9.59 Å². The van der Waals surface area contributed by atoms with Crippen LogP contribution in [0.15, 0.2) is 48.6 Å². The lowest BCUT2D eigenvalue weighted by Gasteiger charge is -2.40. The Balaban J connectivity index is 2.04. The molecule has 1 saturated heterocycles. The Morgan fingerprint density at radius 2 is 0.944 bits per heavy atom. The maximum atomic E-state index is 13.0. The smallest absolute Gasteiger partial charge is 0.305 e. The summed E-state index contributed by atoms with van der Waals surface area (Å²) in [5, 5.41) is 54.2. The average molecular weight is 1000 g/mol. The Kier molecular flexibility index (Phi) is 46.7. The van der Waals surface area contributed by atoms with Crippen molar-refractivity contribution in [3.05, 3.63) is 48.6 Å². The fraction of sp³-hybridized carbons (Fsp3) is 0.833. The minimum absolute atomic E-state index is 0.0256. The van der Waals surface area contributed by atoms with Crippen molar-refractivity contribution in [2.45, 2.75) is 301 Å². The van der Waals surface area contributed by atoms with Crippen molar-refractivity contribution < 1.29 is 49.3 Å². The van der Waals surface area contributed by atoms with Gasteiger partial charge >= 0.3 is 5.97 Å². The molecule has 71 heavy (non-hydrogen) atoms. The van der Waals surface area contributed by atoms with E-state index in [9.17, 15) is 35.1 Å². The molecule has 7 atom stereocenters. The summed E-state index contributed by atoms with van der Waals surface area (Å²) in [6.45, 7) is 4.25. The Labute approximate surface area is 434 Å². The number of rotatable bonds is 50. The largest absolute Gasteiger partial charge is 0.466 e. The second-order valence-electron chi connectivity index (χ2n) is 20.3. The highest BCUT2D eigenvalue weighted by Gasteiger charge is 2.44. The molecule has 0 aromatic rings. The van der Waals surface area contributed by atoms with Gasteiger partial charge in [-0.2, -0.15) is 0 Å². The Bertz CT molecular complexity index is 1320. The highest BCUT2D eigenvalue weighted by molar-refractivity contribution is 5.76. The van der Waals surface area contributed by atoms with Crippen LogP contribution in [0.3, 0.4) is 0 Å². The molecular weight excluding hydrogens is 895 g/mol. The molecule has 0 aromatic heterocycles. The number of amides is 1.